The molecule has 0 saturated heterocycles. The van der Waals surface area contributed by atoms with Crippen LogP contribution in [0.2, 0.25) is 0 Å². The second kappa shape index (κ2) is 20.0. The van der Waals surface area contributed by atoms with Gasteiger partial charge in [-0.15, -0.1) is 0 Å². The van der Waals surface area contributed by atoms with E-state index in [1.54, 1.807) is 0 Å². The molecular formula is C21H48. The Balaban J connectivity index is -0.000000277. The van der Waals surface area contributed by atoms with E-state index in [0.29, 0.717) is 0 Å². The monoisotopic (exact) mass is 300 g/mol. The summed E-state index contributed by atoms with van der Waals surface area (Å²) in [5.41, 5.74) is 0. The lowest BCUT2D eigenvalue weighted by Crippen LogP contribution is -2.16. The van der Waals surface area contributed by atoms with Crippen molar-refractivity contribution < 1.29 is 0 Å². The molecule has 0 saturated carbocycles. The predicted molar refractivity (Wildman–Crippen MR) is 103 cm³/mol. The van der Waals surface area contributed by atoms with Crippen LogP contribution in [0.25, 0.3) is 0 Å². The van der Waals surface area contributed by atoms with Crippen LogP contribution in [0.3, 0.4) is 0 Å². The lowest BCUT2D eigenvalue weighted by atomic mass is 9.81. The lowest BCUT2D eigenvalue weighted by molar-refractivity contribution is 0.256. The van der Waals surface area contributed by atoms with E-state index in [9.17, 15) is 0 Å². The van der Waals surface area contributed by atoms with Gasteiger partial charge in [-0.3, -0.25) is 0 Å². The van der Waals surface area contributed by atoms with Crippen LogP contribution in [0.4, 0.5) is 0 Å². The molecule has 3 unspecified atom stereocenters. The normalized spacial score (nSPS) is 14.4. The molecule has 0 heteroatoms. The summed E-state index contributed by atoms with van der Waals surface area (Å²) in [5, 5.41) is 0. The largest absolute Gasteiger partial charge is 0.0683 e. The van der Waals surface area contributed by atoms with Crippen LogP contribution in [0.15, 0.2) is 0 Å². The van der Waals surface area contributed by atoms with Gasteiger partial charge in [0.1, 0.15) is 0 Å². The van der Waals surface area contributed by atoms with Crippen LogP contribution in [-0.4, -0.2) is 0 Å². The lowest BCUT2D eigenvalue weighted by Gasteiger charge is -2.24. The molecule has 0 rings (SSSR count). The fraction of sp³-hybridized carbons (Fsp3) is 1.00. The molecule has 0 spiro atoms. The van der Waals surface area contributed by atoms with Crippen LogP contribution in [0, 0.1) is 23.7 Å². The Labute approximate surface area is 138 Å². The third kappa shape index (κ3) is 18.0. The first-order valence-electron chi connectivity index (χ1n) is 9.94. The maximum atomic E-state index is 2.37. The Hall–Kier alpha value is 0. The van der Waals surface area contributed by atoms with Crippen molar-refractivity contribution in [2.24, 2.45) is 23.7 Å². The zero-order valence-electron chi connectivity index (χ0n) is 17.3. The summed E-state index contributed by atoms with van der Waals surface area (Å²) in [4.78, 5) is 0. The van der Waals surface area contributed by atoms with Crippen LogP contribution in [-0.2, 0) is 0 Å². The van der Waals surface area contributed by atoms with E-state index in [-0.39, 0.29) is 0 Å². The Bertz CT molecular complexity index is 159. The van der Waals surface area contributed by atoms with Gasteiger partial charge < -0.3 is 0 Å². The smallest absolute Gasteiger partial charge is 0.0368 e. The summed E-state index contributed by atoms with van der Waals surface area (Å²) in [6.45, 7) is 22.5. The third-order valence-electron chi connectivity index (χ3n) is 4.70. The van der Waals surface area contributed by atoms with E-state index in [1.807, 2.05) is 13.8 Å². The average Bonchev–Trinajstić information content (AvgIpc) is 2.50. The molecule has 132 valence electrons. The van der Waals surface area contributed by atoms with Gasteiger partial charge in [0, 0.05) is 0 Å². The van der Waals surface area contributed by atoms with Crippen LogP contribution in [0.5, 0.6) is 0 Å². The van der Waals surface area contributed by atoms with E-state index in [2.05, 4.69) is 55.4 Å². The zero-order valence-corrected chi connectivity index (χ0v) is 17.3. The third-order valence-corrected chi connectivity index (χ3v) is 4.70. The topological polar surface area (TPSA) is 0 Å². The van der Waals surface area contributed by atoms with E-state index >= 15 is 0 Å². The van der Waals surface area contributed by atoms with Gasteiger partial charge in [0.15, 0.2) is 0 Å². The van der Waals surface area contributed by atoms with Gasteiger partial charge in [0.05, 0.1) is 0 Å². The van der Waals surface area contributed by atoms with Gasteiger partial charge >= 0.3 is 0 Å². The standard InChI is InChI=1S/C10H22.C9H20.C2H6/c1-6-9(5)10(7-2)8(3)4;1-4-6-7-8-9(3)5-2;1-2/h8-10H,6-7H2,1-5H3;9H,4-8H2,1-3H3;1-2H3. The van der Waals surface area contributed by atoms with Crippen LogP contribution < -0.4 is 0 Å². The predicted octanol–water partition coefficient (Wildman–Crippen LogP) is 8.35. The Morgan fingerprint density at radius 3 is 1.43 bits per heavy atom. The Kier molecular flexibility index (Phi) is 24.7. The van der Waals surface area contributed by atoms with E-state index in [0.717, 1.165) is 23.7 Å². The molecule has 0 fully saturated rings. The minimum atomic E-state index is 0.861. The van der Waals surface area contributed by atoms with Gasteiger partial charge in [-0.25, -0.2) is 0 Å². The highest BCUT2D eigenvalue weighted by atomic mass is 14.2. The molecule has 0 aliphatic carbocycles. The molecule has 0 heterocycles. The number of unbranched alkanes of at least 4 members (excludes halogenated alkanes) is 2. The molecule has 3 atom stereocenters. The molecule has 0 radical (unpaired) electrons. The van der Waals surface area contributed by atoms with Crippen molar-refractivity contribution in [1.82, 2.24) is 0 Å². The molecule has 0 aromatic rings. The summed E-state index contributed by atoms with van der Waals surface area (Å²) < 4.78 is 0. The van der Waals surface area contributed by atoms with Gasteiger partial charge in [0.25, 0.3) is 0 Å². The van der Waals surface area contributed by atoms with E-state index in [4.69, 9.17) is 0 Å². The molecule has 0 nitrogen and oxygen atoms in total. The second-order valence-corrected chi connectivity index (χ2v) is 6.71. The minimum absolute atomic E-state index is 0.861. The van der Waals surface area contributed by atoms with Crippen molar-refractivity contribution in [1.29, 1.82) is 0 Å². The molecule has 0 aliphatic rings. The Morgan fingerprint density at radius 1 is 0.667 bits per heavy atom. The first kappa shape index (κ1) is 25.9. The molecular weight excluding hydrogens is 252 g/mol. The maximum Gasteiger partial charge on any atom is -0.0368 e. The molecule has 0 aromatic heterocycles. The second-order valence-electron chi connectivity index (χ2n) is 6.71. The summed E-state index contributed by atoms with van der Waals surface area (Å²) >= 11 is 0. The summed E-state index contributed by atoms with van der Waals surface area (Å²) in [6.07, 6.45) is 9.67. The number of hydrogen-bond donors (Lipinski definition) is 0. The highest BCUT2D eigenvalue weighted by Crippen LogP contribution is 2.25. The SMILES string of the molecule is CC.CCC(C)C(CC)C(C)C.CCCCCC(C)CC. The molecule has 21 heavy (non-hydrogen) atoms. The first-order valence-corrected chi connectivity index (χ1v) is 9.94. The summed E-state index contributed by atoms with van der Waals surface area (Å²) in [6, 6.07) is 0. The summed E-state index contributed by atoms with van der Waals surface area (Å²) in [7, 11) is 0. The fourth-order valence-corrected chi connectivity index (χ4v) is 2.78. The zero-order chi connectivity index (χ0) is 17.3. The maximum absolute atomic E-state index is 2.37. The molecule has 0 aliphatic heterocycles. The van der Waals surface area contributed by atoms with Crippen molar-refractivity contribution in [3.8, 4) is 0 Å². The molecule has 0 amide bonds. The van der Waals surface area contributed by atoms with Gasteiger partial charge in [0.2, 0.25) is 0 Å². The highest BCUT2D eigenvalue weighted by molar-refractivity contribution is 4.66. The van der Waals surface area contributed by atoms with Gasteiger partial charge in [-0.2, -0.15) is 0 Å². The first-order chi connectivity index (χ1) is 9.94. The van der Waals surface area contributed by atoms with Crippen LogP contribution in [0.1, 0.15) is 114 Å². The summed E-state index contributed by atoms with van der Waals surface area (Å²) in [5.74, 6) is 3.66. The molecule has 0 N–H and O–H groups in total. The van der Waals surface area contributed by atoms with Crippen molar-refractivity contribution in [2.45, 2.75) is 114 Å². The van der Waals surface area contributed by atoms with Crippen molar-refractivity contribution in [3.05, 3.63) is 0 Å². The molecule has 0 bridgehead atoms. The highest BCUT2D eigenvalue weighted by Gasteiger charge is 2.16. The van der Waals surface area contributed by atoms with Gasteiger partial charge in [-0.05, 0) is 23.7 Å². The molecule has 0 aromatic carbocycles. The van der Waals surface area contributed by atoms with E-state index in [1.165, 1.54) is 44.9 Å². The van der Waals surface area contributed by atoms with Crippen LogP contribution >= 0.6 is 0 Å². The van der Waals surface area contributed by atoms with Crippen molar-refractivity contribution in [3.63, 3.8) is 0 Å². The van der Waals surface area contributed by atoms with Crippen molar-refractivity contribution >= 4 is 0 Å². The number of rotatable bonds is 9. The fourth-order valence-electron chi connectivity index (χ4n) is 2.78. The number of hydrogen-bond acceptors (Lipinski definition) is 0. The Morgan fingerprint density at radius 2 is 1.19 bits per heavy atom. The van der Waals surface area contributed by atoms with E-state index < -0.39 is 0 Å². The van der Waals surface area contributed by atoms with Crippen molar-refractivity contribution in [2.75, 3.05) is 0 Å². The quantitative estimate of drug-likeness (QED) is 0.375. The average molecular weight is 301 g/mol. The van der Waals surface area contributed by atoms with Gasteiger partial charge in [-0.1, -0.05) is 114 Å². The minimum Gasteiger partial charge on any atom is -0.0683 e.